The lowest BCUT2D eigenvalue weighted by molar-refractivity contribution is -0.703. The number of H-pyrrole nitrogens is 1. The van der Waals surface area contributed by atoms with Crippen LogP contribution in [0.3, 0.4) is 0 Å². The molecule has 27 heavy (non-hydrogen) atoms. The van der Waals surface area contributed by atoms with Crippen molar-refractivity contribution >= 4 is 22.9 Å². The van der Waals surface area contributed by atoms with Gasteiger partial charge in [-0.25, -0.2) is 0 Å². The number of carbonyl (C=O) groups excluding carboxylic acids is 2. The van der Waals surface area contributed by atoms with E-state index in [0.717, 1.165) is 11.3 Å². The summed E-state index contributed by atoms with van der Waals surface area (Å²) in [7, 11) is 0. The van der Waals surface area contributed by atoms with Crippen molar-refractivity contribution in [2.45, 2.75) is 39.8 Å². The van der Waals surface area contributed by atoms with Gasteiger partial charge in [-0.2, -0.15) is 0 Å². The van der Waals surface area contributed by atoms with Crippen LogP contribution < -0.4 is 5.32 Å². The first kappa shape index (κ1) is 19.3. The normalized spacial score (nSPS) is 13.3. The standard InChI is InChI=1S/C22H24N2O2S/c1-13-19(16(4)25)14(2)23-20(13)22(26)15(3)24-21(18-11-8-12-27-18)17-9-6-5-7-10-17/h5-12,15,21,23-24H,1-4H3/p+1/t15-,21-/m0/s1. The summed E-state index contributed by atoms with van der Waals surface area (Å²) in [5.41, 5.74) is 3.84. The summed E-state index contributed by atoms with van der Waals surface area (Å²) in [6, 6.07) is 14.1. The molecule has 4 nitrogen and oxygen atoms in total. The first-order chi connectivity index (χ1) is 12.9. The van der Waals surface area contributed by atoms with Crippen LogP contribution >= 0.6 is 11.3 Å². The largest absolute Gasteiger partial charge is 0.355 e. The van der Waals surface area contributed by atoms with Gasteiger partial charge in [0.25, 0.3) is 0 Å². The number of hydrogen-bond donors (Lipinski definition) is 2. The molecule has 0 spiro atoms. The molecule has 0 aliphatic carbocycles. The third kappa shape index (κ3) is 3.94. The molecular formula is C22H25N2O2S+. The number of benzene rings is 1. The van der Waals surface area contributed by atoms with Crippen molar-refractivity contribution in [2.24, 2.45) is 0 Å². The monoisotopic (exact) mass is 381 g/mol. The number of rotatable bonds is 7. The molecule has 1 aromatic carbocycles. The third-order valence-corrected chi connectivity index (χ3v) is 5.89. The fourth-order valence-corrected chi connectivity index (χ4v) is 4.46. The van der Waals surface area contributed by atoms with Gasteiger partial charge in [-0.15, -0.1) is 11.3 Å². The first-order valence-corrected chi connectivity index (χ1v) is 9.95. The Kier molecular flexibility index (Phi) is 5.73. The van der Waals surface area contributed by atoms with E-state index in [4.69, 9.17) is 0 Å². The zero-order valence-corrected chi connectivity index (χ0v) is 16.9. The summed E-state index contributed by atoms with van der Waals surface area (Å²) in [5.74, 6) is -0.00160. The Morgan fingerprint density at radius 3 is 2.33 bits per heavy atom. The van der Waals surface area contributed by atoms with Crippen LogP contribution in [-0.2, 0) is 0 Å². The van der Waals surface area contributed by atoms with Gasteiger partial charge < -0.3 is 10.3 Å². The molecule has 2 aromatic heterocycles. The number of ketones is 2. The van der Waals surface area contributed by atoms with Gasteiger partial charge >= 0.3 is 0 Å². The van der Waals surface area contributed by atoms with Crippen molar-refractivity contribution in [1.29, 1.82) is 0 Å². The van der Waals surface area contributed by atoms with Gasteiger partial charge in [-0.3, -0.25) is 9.59 Å². The lowest BCUT2D eigenvalue weighted by atomic mass is 10.0. The Morgan fingerprint density at radius 1 is 1.07 bits per heavy atom. The van der Waals surface area contributed by atoms with E-state index >= 15 is 0 Å². The number of hydrogen-bond acceptors (Lipinski definition) is 3. The molecule has 0 aliphatic rings. The molecular weight excluding hydrogens is 356 g/mol. The summed E-state index contributed by atoms with van der Waals surface area (Å²) >= 11 is 1.69. The van der Waals surface area contributed by atoms with E-state index in [0.29, 0.717) is 11.3 Å². The molecule has 3 N–H and O–H groups in total. The van der Waals surface area contributed by atoms with E-state index in [1.54, 1.807) is 11.3 Å². The van der Waals surface area contributed by atoms with E-state index in [2.05, 4.69) is 33.9 Å². The van der Waals surface area contributed by atoms with Gasteiger partial charge in [0.15, 0.2) is 5.78 Å². The van der Waals surface area contributed by atoms with Crippen LogP contribution in [-0.4, -0.2) is 22.6 Å². The Morgan fingerprint density at radius 2 is 1.78 bits per heavy atom. The molecule has 0 saturated carbocycles. The number of aromatic nitrogens is 1. The Balaban J connectivity index is 1.88. The lowest BCUT2D eigenvalue weighted by Gasteiger charge is -2.19. The number of Topliss-reactive ketones (excluding diaryl/α,β-unsaturated/α-hetero) is 2. The predicted molar refractivity (Wildman–Crippen MR) is 109 cm³/mol. The van der Waals surface area contributed by atoms with Gasteiger partial charge in [-0.05, 0) is 44.7 Å². The Labute approximate surface area is 163 Å². The van der Waals surface area contributed by atoms with Crippen LogP contribution in [0.4, 0.5) is 0 Å². The van der Waals surface area contributed by atoms with E-state index in [-0.39, 0.29) is 23.7 Å². The second-order valence-electron chi connectivity index (χ2n) is 6.93. The SMILES string of the molecule is CC(=O)c1c(C)[nH]c(C(=O)[C@H](C)[NH2+][C@@H](c2ccccc2)c2cccs2)c1C. The summed E-state index contributed by atoms with van der Waals surface area (Å²) in [4.78, 5) is 29.3. The smallest absolute Gasteiger partial charge is 0.235 e. The number of aryl methyl sites for hydroxylation is 1. The second kappa shape index (κ2) is 8.03. The molecule has 0 unspecified atom stereocenters. The first-order valence-electron chi connectivity index (χ1n) is 9.07. The fraction of sp³-hybridized carbons (Fsp3) is 0.273. The summed E-state index contributed by atoms with van der Waals surface area (Å²) in [6.45, 7) is 7.14. The highest BCUT2D eigenvalue weighted by Crippen LogP contribution is 2.23. The molecule has 0 bridgehead atoms. The molecule has 3 aromatic rings. The van der Waals surface area contributed by atoms with Crippen molar-refractivity contribution < 1.29 is 14.9 Å². The third-order valence-electron chi connectivity index (χ3n) is 4.94. The van der Waals surface area contributed by atoms with Gasteiger partial charge in [0.05, 0.1) is 10.6 Å². The molecule has 3 rings (SSSR count). The zero-order valence-electron chi connectivity index (χ0n) is 16.1. The number of thiophene rings is 1. The van der Waals surface area contributed by atoms with Crippen LogP contribution in [0.15, 0.2) is 47.8 Å². The van der Waals surface area contributed by atoms with Crippen LogP contribution in [0.5, 0.6) is 0 Å². The minimum absolute atomic E-state index is 0.0144. The average Bonchev–Trinajstić information content (AvgIpc) is 3.27. The highest BCUT2D eigenvalue weighted by molar-refractivity contribution is 7.10. The van der Waals surface area contributed by atoms with Crippen molar-refractivity contribution in [2.75, 3.05) is 0 Å². The maximum atomic E-state index is 13.1. The van der Waals surface area contributed by atoms with Crippen molar-refractivity contribution in [3.8, 4) is 0 Å². The van der Waals surface area contributed by atoms with Crippen LogP contribution in [0.2, 0.25) is 0 Å². The molecule has 140 valence electrons. The lowest BCUT2D eigenvalue weighted by Crippen LogP contribution is -2.92. The van der Waals surface area contributed by atoms with Gasteiger partial charge in [0, 0.05) is 16.8 Å². The quantitative estimate of drug-likeness (QED) is 0.611. The number of nitrogens with one attached hydrogen (secondary N) is 1. The second-order valence-corrected chi connectivity index (χ2v) is 7.91. The maximum absolute atomic E-state index is 13.1. The molecule has 0 saturated heterocycles. The molecule has 0 radical (unpaired) electrons. The highest BCUT2D eigenvalue weighted by atomic mass is 32.1. The molecule has 0 aliphatic heterocycles. The summed E-state index contributed by atoms with van der Waals surface area (Å²) in [5, 5.41) is 4.16. The minimum atomic E-state index is -0.283. The van der Waals surface area contributed by atoms with E-state index < -0.39 is 0 Å². The van der Waals surface area contributed by atoms with E-state index in [9.17, 15) is 9.59 Å². The minimum Gasteiger partial charge on any atom is -0.355 e. The number of quaternary nitrogens is 1. The number of nitrogens with two attached hydrogens (primary N) is 1. The van der Waals surface area contributed by atoms with Crippen LogP contribution in [0.1, 0.15) is 62.4 Å². The van der Waals surface area contributed by atoms with E-state index in [1.165, 1.54) is 17.4 Å². The van der Waals surface area contributed by atoms with Crippen molar-refractivity contribution in [3.05, 3.63) is 80.8 Å². The van der Waals surface area contributed by atoms with Crippen LogP contribution in [0, 0.1) is 13.8 Å². The summed E-state index contributed by atoms with van der Waals surface area (Å²) < 4.78 is 0. The van der Waals surface area contributed by atoms with Gasteiger partial charge in [0.2, 0.25) is 5.78 Å². The van der Waals surface area contributed by atoms with E-state index in [1.807, 2.05) is 45.0 Å². The van der Waals surface area contributed by atoms with Gasteiger partial charge in [0.1, 0.15) is 12.1 Å². The average molecular weight is 382 g/mol. The zero-order chi connectivity index (χ0) is 19.6. The Bertz CT molecular complexity index is 942. The molecule has 0 fully saturated rings. The van der Waals surface area contributed by atoms with Crippen LogP contribution in [0.25, 0.3) is 0 Å². The van der Waals surface area contributed by atoms with Crippen molar-refractivity contribution in [1.82, 2.24) is 4.98 Å². The molecule has 2 atom stereocenters. The Hall–Kier alpha value is -2.50. The topological polar surface area (TPSA) is 66.5 Å². The predicted octanol–water partition coefficient (Wildman–Crippen LogP) is 3.82. The molecule has 5 heteroatoms. The maximum Gasteiger partial charge on any atom is 0.235 e. The number of carbonyl (C=O) groups is 2. The molecule has 0 amide bonds. The number of aromatic amines is 1. The fourth-order valence-electron chi connectivity index (χ4n) is 3.63. The molecule has 2 heterocycles. The van der Waals surface area contributed by atoms with Crippen molar-refractivity contribution in [3.63, 3.8) is 0 Å². The summed E-state index contributed by atoms with van der Waals surface area (Å²) in [6.07, 6.45) is 0. The highest BCUT2D eigenvalue weighted by Gasteiger charge is 2.29. The van der Waals surface area contributed by atoms with Gasteiger partial charge in [-0.1, -0.05) is 36.4 Å².